The first-order valence-corrected chi connectivity index (χ1v) is 8.28. The van der Waals surface area contributed by atoms with Gasteiger partial charge in [-0.15, -0.1) is 0 Å². The molecule has 112 valence electrons. The lowest BCUT2D eigenvalue weighted by molar-refractivity contribution is -0.126. The fraction of sp³-hybridized carbons (Fsp3) is 0.533. The molecule has 1 saturated heterocycles. The predicted molar refractivity (Wildman–Crippen MR) is 80.4 cm³/mol. The fourth-order valence-corrected chi connectivity index (χ4v) is 3.67. The van der Waals surface area contributed by atoms with Crippen LogP contribution in [-0.4, -0.2) is 34.4 Å². The number of aromatic nitrogens is 1. The van der Waals surface area contributed by atoms with E-state index in [2.05, 4.69) is 10.3 Å². The number of nitrogens with zero attached hydrogens (tertiary/aromatic N) is 1. The van der Waals surface area contributed by atoms with Gasteiger partial charge in [0.1, 0.15) is 5.75 Å². The first-order valence-electron chi connectivity index (χ1n) is 7.29. The van der Waals surface area contributed by atoms with Gasteiger partial charge in [0.2, 0.25) is 5.12 Å². The molecule has 0 spiro atoms. The summed E-state index contributed by atoms with van der Waals surface area (Å²) in [7, 11) is 0. The quantitative estimate of drug-likeness (QED) is 0.913. The van der Waals surface area contributed by atoms with Gasteiger partial charge in [-0.25, -0.2) is 0 Å². The molecule has 1 aromatic heterocycles. The zero-order valence-corrected chi connectivity index (χ0v) is 12.6. The normalized spacial score (nSPS) is 21.0. The number of amides is 1. The Balaban J connectivity index is 1.57. The molecule has 1 N–H and O–H groups in total. The molecule has 2 heterocycles. The van der Waals surface area contributed by atoms with Crippen LogP contribution in [0.1, 0.15) is 30.5 Å². The van der Waals surface area contributed by atoms with Gasteiger partial charge in [0, 0.05) is 23.2 Å². The minimum Gasteiger partial charge on any atom is -0.483 e. The summed E-state index contributed by atoms with van der Waals surface area (Å²) in [6, 6.07) is 1.46. The van der Waals surface area contributed by atoms with E-state index in [1.807, 2.05) is 6.07 Å². The maximum atomic E-state index is 11.9. The maximum Gasteiger partial charge on any atom is 0.258 e. The number of carbonyl (C=O) groups is 2. The van der Waals surface area contributed by atoms with Gasteiger partial charge in [-0.3, -0.25) is 14.6 Å². The summed E-state index contributed by atoms with van der Waals surface area (Å²) in [5.74, 6) is 1.29. The summed E-state index contributed by atoms with van der Waals surface area (Å²) in [6.45, 7) is -0.0507. The Bertz CT molecular complexity index is 562. The second-order valence-electron chi connectivity index (χ2n) is 5.31. The van der Waals surface area contributed by atoms with Crippen LogP contribution in [0.25, 0.3) is 0 Å². The summed E-state index contributed by atoms with van der Waals surface area (Å²) < 4.78 is 5.64. The second kappa shape index (κ2) is 6.47. The van der Waals surface area contributed by atoms with Gasteiger partial charge in [-0.2, -0.15) is 0 Å². The van der Waals surface area contributed by atoms with Gasteiger partial charge in [0.25, 0.3) is 5.91 Å². The smallest absolute Gasteiger partial charge is 0.258 e. The van der Waals surface area contributed by atoms with E-state index < -0.39 is 0 Å². The predicted octanol–water partition coefficient (Wildman–Crippen LogP) is 1.49. The summed E-state index contributed by atoms with van der Waals surface area (Å²) in [4.78, 5) is 27.7. The van der Waals surface area contributed by atoms with E-state index in [9.17, 15) is 9.59 Å². The number of nitrogens with one attached hydrogen (secondary N) is 1. The highest BCUT2D eigenvalue weighted by molar-refractivity contribution is 8.14. The SMILES string of the molecule is O=C(COc1ccnc2c1CCCC2)NC1CCSC1=O. The number of rotatable bonds is 4. The van der Waals surface area contributed by atoms with Crippen LogP contribution >= 0.6 is 11.8 Å². The highest BCUT2D eigenvalue weighted by Crippen LogP contribution is 2.27. The van der Waals surface area contributed by atoms with Gasteiger partial charge in [-0.05, 0) is 38.2 Å². The van der Waals surface area contributed by atoms with Crippen molar-refractivity contribution in [2.24, 2.45) is 0 Å². The molecule has 0 bridgehead atoms. The second-order valence-corrected chi connectivity index (χ2v) is 6.41. The largest absolute Gasteiger partial charge is 0.483 e. The van der Waals surface area contributed by atoms with Crippen molar-refractivity contribution < 1.29 is 14.3 Å². The summed E-state index contributed by atoms with van der Waals surface area (Å²) in [5, 5.41) is 2.77. The number of hydrogen-bond donors (Lipinski definition) is 1. The van der Waals surface area contributed by atoms with Gasteiger partial charge in [0.05, 0.1) is 6.04 Å². The topological polar surface area (TPSA) is 68.3 Å². The molecule has 1 fully saturated rings. The molecule has 5 nitrogen and oxygen atoms in total. The van der Waals surface area contributed by atoms with Crippen molar-refractivity contribution in [1.29, 1.82) is 0 Å². The van der Waals surface area contributed by atoms with Crippen LogP contribution in [-0.2, 0) is 22.4 Å². The zero-order chi connectivity index (χ0) is 14.7. The Hall–Kier alpha value is -1.56. The molecule has 3 rings (SSSR count). The molecule has 1 unspecified atom stereocenters. The first-order chi connectivity index (χ1) is 10.2. The Labute approximate surface area is 127 Å². The van der Waals surface area contributed by atoms with Crippen molar-refractivity contribution >= 4 is 22.8 Å². The number of ether oxygens (including phenoxy) is 1. The van der Waals surface area contributed by atoms with Crippen molar-refractivity contribution in [1.82, 2.24) is 10.3 Å². The van der Waals surface area contributed by atoms with Crippen molar-refractivity contribution in [2.75, 3.05) is 12.4 Å². The van der Waals surface area contributed by atoms with Gasteiger partial charge in [-0.1, -0.05) is 11.8 Å². The third kappa shape index (κ3) is 3.37. The van der Waals surface area contributed by atoms with Crippen LogP contribution in [0, 0.1) is 0 Å². The van der Waals surface area contributed by atoms with Crippen LogP contribution in [0.4, 0.5) is 0 Å². The van der Waals surface area contributed by atoms with Crippen molar-refractivity contribution in [3.8, 4) is 5.75 Å². The van der Waals surface area contributed by atoms with Gasteiger partial charge in [0.15, 0.2) is 6.61 Å². The molecule has 0 radical (unpaired) electrons. The molecule has 2 aliphatic rings. The summed E-state index contributed by atoms with van der Waals surface area (Å²) >= 11 is 1.28. The molecule has 1 aliphatic heterocycles. The molecule has 0 aromatic carbocycles. The van der Waals surface area contributed by atoms with Crippen molar-refractivity contribution in [3.05, 3.63) is 23.5 Å². The fourth-order valence-electron chi connectivity index (χ4n) is 2.73. The first kappa shape index (κ1) is 14.4. The lowest BCUT2D eigenvalue weighted by atomic mass is 9.95. The van der Waals surface area contributed by atoms with Gasteiger partial charge >= 0.3 is 0 Å². The summed E-state index contributed by atoms with van der Waals surface area (Å²) in [6.07, 6.45) is 6.67. The minimum atomic E-state index is -0.350. The lowest BCUT2D eigenvalue weighted by Gasteiger charge is -2.18. The minimum absolute atomic E-state index is 0.0460. The van der Waals surface area contributed by atoms with E-state index in [1.54, 1.807) is 6.20 Å². The maximum absolute atomic E-state index is 11.9. The number of aryl methyl sites for hydroxylation is 1. The number of fused-ring (bicyclic) bond motifs is 1. The molecule has 0 saturated carbocycles. The molecule has 6 heteroatoms. The van der Waals surface area contributed by atoms with Crippen LogP contribution in [0.2, 0.25) is 0 Å². The van der Waals surface area contributed by atoms with Gasteiger partial charge < -0.3 is 10.1 Å². The third-order valence-electron chi connectivity index (χ3n) is 3.82. The Morgan fingerprint density at radius 2 is 2.29 bits per heavy atom. The number of thioether (sulfide) groups is 1. The van der Waals surface area contributed by atoms with Crippen molar-refractivity contribution in [2.45, 2.75) is 38.1 Å². The van der Waals surface area contributed by atoms with E-state index in [0.717, 1.165) is 48.4 Å². The summed E-state index contributed by atoms with van der Waals surface area (Å²) in [5.41, 5.74) is 2.21. The van der Waals surface area contributed by atoms with Crippen LogP contribution in [0.3, 0.4) is 0 Å². The van der Waals surface area contributed by atoms with Crippen LogP contribution < -0.4 is 10.1 Å². The molecule has 1 atom stereocenters. The highest BCUT2D eigenvalue weighted by atomic mass is 32.2. The molecule has 1 aliphatic carbocycles. The van der Waals surface area contributed by atoms with E-state index in [1.165, 1.54) is 11.8 Å². The third-order valence-corrected chi connectivity index (χ3v) is 4.83. The molecule has 21 heavy (non-hydrogen) atoms. The van der Waals surface area contributed by atoms with E-state index in [-0.39, 0.29) is 23.7 Å². The molecule has 1 aromatic rings. The van der Waals surface area contributed by atoms with Crippen LogP contribution in [0.5, 0.6) is 5.75 Å². The number of carbonyl (C=O) groups excluding carboxylic acids is 2. The lowest BCUT2D eigenvalue weighted by Crippen LogP contribution is -2.39. The average Bonchev–Trinajstić information content (AvgIpc) is 2.90. The molecular formula is C15H18N2O3S. The molecule has 1 amide bonds. The monoisotopic (exact) mass is 306 g/mol. The number of hydrogen-bond acceptors (Lipinski definition) is 5. The Morgan fingerprint density at radius 1 is 1.43 bits per heavy atom. The highest BCUT2D eigenvalue weighted by Gasteiger charge is 2.26. The standard InChI is InChI=1S/C15H18N2O3S/c18-14(17-12-6-8-21-15(12)19)9-20-13-5-7-16-11-4-2-1-3-10(11)13/h5,7,12H,1-4,6,8-9H2,(H,17,18). The van der Waals surface area contributed by atoms with E-state index >= 15 is 0 Å². The van der Waals surface area contributed by atoms with E-state index in [4.69, 9.17) is 4.74 Å². The van der Waals surface area contributed by atoms with Crippen molar-refractivity contribution in [3.63, 3.8) is 0 Å². The Kier molecular flexibility index (Phi) is 4.43. The molecular weight excluding hydrogens is 288 g/mol. The Morgan fingerprint density at radius 3 is 3.10 bits per heavy atom. The zero-order valence-electron chi connectivity index (χ0n) is 11.8. The average molecular weight is 306 g/mol. The van der Waals surface area contributed by atoms with E-state index in [0.29, 0.717) is 6.42 Å². The number of pyridine rings is 1. The van der Waals surface area contributed by atoms with Crippen LogP contribution in [0.15, 0.2) is 12.3 Å².